The van der Waals surface area contributed by atoms with E-state index >= 15 is 0 Å². The van der Waals surface area contributed by atoms with Crippen LogP contribution in [0.4, 0.5) is 22.7 Å². The number of para-hydroxylation sites is 2. The summed E-state index contributed by atoms with van der Waals surface area (Å²) in [6.45, 7) is -1.01. The van der Waals surface area contributed by atoms with E-state index in [1.807, 2.05) is 0 Å². The number of hydrogen-bond donors (Lipinski definition) is 3. The number of carbonyl (C=O) groups excluding carboxylic acids is 3. The molecule has 0 fully saturated rings. The Balaban J connectivity index is 1.75. The van der Waals surface area contributed by atoms with Crippen LogP contribution in [0, 0.1) is 10.1 Å². The highest BCUT2D eigenvalue weighted by atomic mass is 16.6. The molecule has 0 radical (unpaired) electrons. The fraction of sp³-hybridized carbons (Fsp3) is 0.211. The number of nitrogens with zero attached hydrogens (tertiary/aromatic N) is 2. The number of hydrogen-bond acceptors (Lipinski definition) is 8. The molecule has 11 nitrogen and oxygen atoms in total. The van der Waals surface area contributed by atoms with Gasteiger partial charge in [0.1, 0.15) is 6.54 Å². The number of aliphatic hydroxyl groups is 1. The zero-order valence-corrected chi connectivity index (χ0v) is 15.7. The van der Waals surface area contributed by atoms with Gasteiger partial charge in [0.2, 0.25) is 5.91 Å². The summed E-state index contributed by atoms with van der Waals surface area (Å²) in [5, 5.41) is 25.4. The van der Waals surface area contributed by atoms with Crippen LogP contribution < -0.4 is 15.5 Å². The number of rotatable bonds is 7. The summed E-state index contributed by atoms with van der Waals surface area (Å²) in [6, 6.07) is 10.2. The predicted molar refractivity (Wildman–Crippen MR) is 106 cm³/mol. The van der Waals surface area contributed by atoms with E-state index in [0.717, 1.165) is 6.07 Å². The molecular formula is C19H18N4O7. The Morgan fingerprint density at radius 1 is 1.27 bits per heavy atom. The number of nitro groups is 1. The molecule has 0 atom stereocenters. The number of nitro benzene ring substituents is 1. The van der Waals surface area contributed by atoms with Crippen LogP contribution in [0.15, 0.2) is 42.5 Å². The van der Waals surface area contributed by atoms with E-state index in [9.17, 15) is 24.5 Å². The lowest BCUT2D eigenvalue weighted by molar-refractivity contribution is -0.384. The van der Waals surface area contributed by atoms with Gasteiger partial charge in [0, 0.05) is 24.4 Å². The lowest BCUT2D eigenvalue weighted by Gasteiger charge is -2.28. The van der Waals surface area contributed by atoms with Crippen LogP contribution in [0.3, 0.4) is 0 Å². The van der Waals surface area contributed by atoms with E-state index in [1.54, 1.807) is 24.3 Å². The number of esters is 1. The van der Waals surface area contributed by atoms with Crippen LogP contribution in [0.1, 0.15) is 10.4 Å². The van der Waals surface area contributed by atoms with Crippen molar-refractivity contribution in [2.75, 3.05) is 41.8 Å². The van der Waals surface area contributed by atoms with Gasteiger partial charge < -0.3 is 20.5 Å². The summed E-state index contributed by atoms with van der Waals surface area (Å²) in [5.74, 6) is -1.97. The molecule has 156 valence electrons. The van der Waals surface area contributed by atoms with Crippen LogP contribution in [-0.4, -0.2) is 54.1 Å². The minimum Gasteiger partial charge on any atom is -0.452 e. The van der Waals surface area contributed by atoms with E-state index in [2.05, 4.69) is 10.6 Å². The SMILES string of the molecule is O=C1CN(C(=O)COC(=O)c2cc([N+](=O)[O-])ccc2NCCO)c2ccccc2N1. The Hall–Kier alpha value is -3.99. The fourth-order valence-electron chi connectivity index (χ4n) is 2.90. The van der Waals surface area contributed by atoms with Crippen molar-refractivity contribution in [3.8, 4) is 0 Å². The summed E-state index contributed by atoms with van der Waals surface area (Å²) in [5.41, 5.74) is 0.669. The molecule has 0 bridgehead atoms. The zero-order chi connectivity index (χ0) is 21.7. The van der Waals surface area contributed by atoms with E-state index in [1.165, 1.54) is 17.0 Å². The average Bonchev–Trinajstić information content (AvgIpc) is 2.74. The molecule has 30 heavy (non-hydrogen) atoms. The third-order valence-corrected chi connectivity index (χ3v) is 4.26. The molecule has 11 heteroatoms. The Bertz CT molecular complexity index is 1010. The van der Waals surface area contributed by atoms with Gasteiger partial charge in [-0.05, 0) is 18.2 Å². The molecule has 2 amide bonds. The van der Waals surface area contributed by atoms with Crippen molar-refractivity contribution in [1.82, 2.24) is 0 Å². The van der Waals surface area contributed by atoms with E-state index in [0.29, 0.717) is 11.4 Å². The third kappa shape index (κ3) is 4.52. The molecule has 3 N–H and O–H groups in total. The average molecular weight is 414 g/mol. The monoisotopic (exact) mass is 414 g/mol. The molecule has 0 aliphatic carbocycles. The number of anilines is 3. The molecule has 0 saturated carbocycles. The molecule has 0 saturated heterocycles. The highest BCUT2D eigenvalue weighted by molar-refractivity contribution is 6.10. The van der Waals surface area contributed by atoms with Gasteiger partial charge in [-0.3, -0.25) is 24.6 Å². The Kier molecular flexibility index (Phi) is 6.23. The molecule has 1 aliphatic rings. The minimum absolute atomic E-state index is 0.108. The van der Waals surface area contributed by atoms with Crippen molar-refractivity contribution in [2.24, 2.45) is 0 Å². The zero-order valence-electron chi connectivity index (χ0n) is 15.7. The minimum atomic E-state index is -0.956. The van der Waals surface area contributed by atoms with E-state index in [4.69, 9.17) is 9.84 Å². The fourth-order valence-corrected chi connectivity index (χ4v) is 2.90. The first-order valence-corrected chi connectivity index (χ1v) is 8.90. The summed E-state index contributed by atoms with van der Waals surface area (Å²) in [7, 11) is 0. The van der Waals surface area contributed by atoms with Crippen molar-refractivity contribution in [2.45, 2.75) is 0 Å². The molecule has 1 heterocycles. The summed E-state index contributed by atoms with van der Waals surface area (Å²) in [4.78, 5) is 48.5. The molecule has 2 aromatic carbocycles. The van der Waals surface area contributed by atoms with Gasteiger partial charge >= 0.3 is 5.97 Å². The largest absolute Gasteiger partial charge is 0.452 e. The number of amides is 2. The molecule has 1 aliphatic heterocycles. The summed E-state index contributed by atoms with van der Waals surface area (Å²) < 4.78 is 5.06. The van der Waals surface area contributed by atoms with Crippen molar-refractivity contribution in [3.05, 3.63) is 58.1 Å². The van der Waals surface area contributed by atoms with Crippen LogP contribution in [0.25, 0.3) is 0 Å². The van der Waals surface area contributed by atoms with E-state index < -0.39 is 23.4 Å². The lowest BCUT2D eigenvalue weighted by atomic mass is 10.1. The van der Waals surface area contributed by atoms with Crippen molar-refractivity contribution >= 4 is 40.5 Å². The molecule has 2 aromatic rings. The first-order valence-electron chi connectivity index (χ1n) is 8.90. The maximum Gasteiger partial charge on any atom is 0.341 e. The second-order valence-corrected chi connectivity index (χ2v) is 6.26. The van der Waals surface area contributed by atoms with Crippen LogP contribution in [0.2, 0.25) is 0 Å². The summed E-state index contributed by atoms with van der Waals surface area (Å²) >= 11 is 0. The number of aliphatic hydroxyl groups excluding tert-OH is 1. The first-order chi connectivity index (χ1) is 14.4. The van der Waals surface area contributed by atoms with Gasteiger partial charge in [-0.2, -0.15) is 0 Å². The standard InChI is InChI=1S/C19H18N4O7/c24-8-7-20-14-6-5-12(23(28)29)9-13(14)19(27)30-11-18(26)22-10-17(25)21-15-3-1-2-4-16(15)22/h1-6,9,20,24H,7-8,10-11H2,(H,21,25). The maximum atomic E-state index is 12.6. The van der Waals surface area contributed by atoms with Gasteiger partial charge in [0.25, 0.3) is 11.6 Å². The number of nitrogens with one attached hydrogen (secondary N) is 2. The van der Waals surface area contributed by atoms with Gasteiger partial charge in [-0.25, -0.2) is 4.79 Å². The summed E-state index contributed by atoms with van der Waals surface area (Å²) in [6.07, 6.45) is 0. The molecular weight excluding hydrogens is 396 g/mol. The highest BCUT2D eigenvalue weighted by Crippen LogP contribution is 2.29. The Morgan fingerprint density at radius 3 is 2.77 bits per heavy atom. The number of carbonyl (C=O) groups is 3. The van der Waals surface area contributed by atoms with Crippen LogP contribution in [0.5, 0.6) is 0 Å². The number of benzene rings is 2. The normalized spacial score (nSPS) is 12.6. The van der Waals surface area contributed by atoms with Gasteiger partial charge in [0.05, 0.1) is 28.5 Å². The molecule has 0 aromatic heterocycles. The molecule has 0 spiro atoms. The Labute approximate surface area is 170 Å². The van der Waals surface area contributed by atoms with Crippen LogP contribution >= 0.6 is 0 Å². The second-order valence-electron chi connectivity index (χ2n) is 6.26. The first kappa shape index (κ1) is 20.7. The van der Waals surface area contributed by atoms with Gasteiger partial charge in [-0.15, -0.1) is 0 Å². The third-order valence-electron chi connectivity index (χ3n) is 4.26. The van der Waals surface area contributed by atoms with Crippen molar-refractivity contribution in [1.29, 1.82) is 0 Å². The second kappa shape index (κ2) is 9.01. The van der Waals surface area contributed by atoms with Crippen molar-refractivity contribution in [3.63, 3.8) is 0 Å². The van der Waals surface area contributed by atoms with Crippen molar-refractivity contribution < 1.29 is 29.2 Å². The molecule has 0 unspecified atom stereocenters. The van der Waals surface area contributed by atoms with Gasteiger partial charge in [-0.1, -0.05) is 12.1 Å². The maximum absolute atomic E-state index is 12.6. The van der Waals surface area contributed by atoms with E-state index in [-0.39, 0.29) is 42.5 Å². The Morgan fingerprint density at radius 2 is 2.03 bits per heavy atom. The predicted octanol–water partition coefficient (Wildman–Crippen LogP) is 1.14. The number of fused-ring (bicyclic) bond motifs is 1. The van der Waals surface area contributed by atoms with Crippen LogP contribution in [-0.2, 0) is 14.3 Å². The number of non-ortho nitro benzene ring substituents is 1. The lowest BCUT2D eigenvalue weighted by Crippen LogP contribution is -2.44. The van der Waals surface area contributed by atoms with Gasteiger partial charge in [0.15, 0.2) is 6.61 Å². The quantitative estimate of drug-likeness (QED) is 0.347. The smallest absolute Gasteiger partial charge is 0.341 e. The number of ether oxygens (including phenoxy) is 1. The molecule has 3 rings (SSSR count). The highest BCUT2D eigenvalue weighted by Gasteiger charge is 2.28. The topological polar surface area (TPSA) is 151 Å².